The van der Waals surface area contributed by atoms with Gasteiger partial charge in [0.1, 0.15) is 0 Å². The third-order valence-electron chi connectivity index (χ3n) is 5.31. The van der Waals surface area contributed by atoms with Crippen LogP contribution in [-0.2, 0) is 0 Å². The lowest BCUT2D eigenvalue weighted by atomic mass is 9.76. The number of hydrogen-bond donors (Lipinski definition) is 2. The molecule has 2 aliphatic rings. The SMILES string of the molecule is CC[C@H]1CCCC2CCC[C@@H](C)C(O)C2C1O. The standard InChI is InChI=1S/C15H28O2/c1-3-11-7-5-9-12-8-4-6-10(2)14(16)13(12)15(11)17/h10-17H,3-9H2,1-2H3/t10-,11+,12?,13?,14?,15?/m1/s1. The van der Waals surface area contributed by atoms with Gasteiger partial charge in [0.05, 0.1) is 12.2 Å². The van der Waals surface area contributed by atoms with E-state index in [9.17, 15) is 10.2 Å². The summed E-state index contributed by atoms with van der Waals surface area (Å²) in [7, 11) is 0. The zero-order valence-corrected chi connectivity index (χ0v) is 11.3. The third kappa shape index (κ3) is 2.68. The molecule has 2 N–H and O–H groups in total. The van der Waals surface area contributed by atoms with Crippen LogP contribution in [0.2, 0.25) is 0 Å². The number of aliphatic hydroxyl groups excluding tert-OH is 2. The highest BCUT2D eigenvalue weighted by Gasteiger charge is 2.42. The van der Waals surface area contributed by atoms with Gasteiger partial charge in [-0.05, 0) is 43.4 Å². The van der Waals surface area contributed by atoms with E-state index in [1.165, 1.54) is 25.7 Å². The topological polar surface area (TPSA) is 40.5 Å². The number of hydrogen-bond acceptors (Lipinski definition) is 2. The van der Waals surface area contributed by atoms with Gasteiger partial charge in [0.2, 0.25) is 0 Å². The van der Waals surface area contributed by atoms with Gasteiger partial charge in [-0.1, -0.05) is 33.1 Å². The van der Waals surface area contributed by atoms with E-state index in [0.29, 0.717) is 17.8 Å². The first-order valence-electron chi connectivity index (χ1n) is 7.51. The van der Waals surface area contributed by atoms with Crippen LogP contribution in [-0.4, -0.2) is 22.4 Å². The second-order valence-electron chi connectivity index (χ2n) is 6.33. The van der Waals surface area contributed by atoms with Crippen LogP contribution in [0.1, 0.15) is 58.8 Å². The monoisotopic (exact) mass is 240 g/mol. The molecule has 17 heavy (non-hydrogen) atoms. The van der Waals surface area contributed by atoms with Crippen molar-refractivity contribution in [1.29, 1.82) is 0 Å². The molecule has 0 aliphatic heterocycles. The molecule has 100 valence electrons. The molecule has 0 radical (unpaired) electrons. The lowest BCUT2D eigenvalue weighted by Crippen LogP contribution is -2.41. The quantitative estimate of drug-likeness (QED) is 0.740. The molecule has 2 nitrogen and oxygen atoms in total. The van der Waals surface area contributed by atoms with E-state index in [1.54, 1.807) is 0 Å². The Morgan fingerprint density at radius 3 is 2.24 bits per heavy atom. The highest BCUT2D eigenvalue weighted by molar-refractivity contribution is 4.92. The summed E-state index contributed by atoms with van der Waals surface area (Å²) in [5.74, 6) is 1.46. The molecule has 2 rings (SSSR count). The second-order valence-corrected chi connectivity index (χ2v) is 6.33. The molecule has 2 saturated carbocycles. The molecular formula is C15H28O2. The van der Waals surface area contributed by atoms with E-state index in [4.69, 9.17) is 0 Å². The molecule has 6 atom stereocenters. The Labute approximate surface area is 105 Å². The predicted octanol–water partition coefficient (Wildman–Crippen LogP) is 2.97. The third-order valence-corrected chi connectivity index (χ3v) is 5.31. The molecule has 0 saturated heterocycles. The van der Waals surface area contributed by atoms with Gasteiger partial charge in [0.25, 0.3) is 0 Å². The number of rotatable bonds is 1. The molecule has 0 heterocycles. The van der Waals surface area contributed by atoms with Crippen molar-refractivity contribution in [1.82, 2.24) is 0 Å². The van der Waals surface area contributed by atoms with Gasteiger partial charge in [-0.25, -0.2) is 0 Å². The van der Waals surface area contributed by atoms with Crippen LogP contribution in [0.4, 0.5) is 0 Å². The Hall–Kier alpha value is -0.0800. The minimum Gasteiger partial charge on any atom is -0.392 e. The lowest BCUT2D eigenvalue weighted by Gasteiger charge is -2.35. The van der Waals surface area contributed by atoms with Crippen LogP contribution in [0.25, 0.3) is 0 Å². The highest BCUT2D eigenvalue weighted by Crippen LogP contribution is 2.42. The number of aliphatic hydroxyl groups is 2. The van der Waals surface area contributed by atoms with Crippen molar-refractivity contribution in [3.63, 3.8) is 0 Å². The first-order valence-corrected chi connectivity index (χ1v) is 7.51. The maximum Gasteiger partial charge on any atom is 0.0623 e. The van der Waals surface area contributed by atoms with Crippen LogP contribution < -0.4 is 0 Å². The summed E-state index contributed by atoms with van der Waals surface area (Å²) in [4.78, 5) is 0. The van der Waals surface area contributed by atoms with Gasteiger partial charge in [0, 0.05) is 5.92 Å². The Morgan fingerprint density at radius 2 is 1.59 bits per heavy atom. The van der Waals surface area contributed by atoms with Crippen molar-refractivity contribution in [3.8, 4) is 0 Å². The van der Waals surface area contributed by atoms with Crippen molar-refractivity contribution >= 4 is 0 Å². The average Bonchev–Trinajstić information content (AvgIpc) is 2.55. The first-order chi connectivity index (χ1) is 8.15. The molecule has 4 unspecified atom stereocenters. The Bertz CT molecular complexity index is 241. The fraction of sp³-hybridized carbons (Fsp3) is 1.00. The zero-order valence-electron chi connectivity index (χ0n) is 11.3. The predicted molar refractivity (Wildman–Crippen MR) is 69.6 cm³/mol. The molecule has 2 heteroatoms. The summed E-state index contributed by atoms with van der Waals surface area (Å²) in [6.45, 7) is 4.31. The van der Waals surface area contributed by atoms with E-state index >= 15 is 0 Å². The van der Waals surface area contributed by atoms with E-state index < -0.39 is 0 Å². The van der Waals surface area contributed by atoms with Gasteiger partial charge in [-0.2, -0.15) is 0 Å². The Morgan fingerprint density at radius 1 is 0.941 bits per heavy atom. The summed E-state index contributed by atoms with van der Waals surface area (Å²) in [6, 6.07) is 0. The Kier molecular flexibility index (Phi) is 4.48. The molecule has 0 spiro atoms. The highest BCUT2D eigenvalue weighted by atomic mass is 16.3. The second kappa shape index (κ2) is 5.71. The fourth-order valence-corrected chi connectivity index (χ4v) is 4.11. The minimum atomic E-state index is -0.287. The zero-order chi connectivity index (χ0) is 12.4. The minimum absolute atomic E-state index is 0.139. The Balaban J connectivity index is 2.20. The van der Waals surface area contributed by atoms with Crippen LogP contribution in [0.15, 0.2) is 0 Å². The van der Waals surface area contributed by atoms with E-state index in [0.717, 1.165) is 19.3 Å². The van der Waals surface area contributed by atoms with Gasteiger partial charge in [-0.15, -0.1) is 0 Å². The smallest absolute Gasteiger partial charge is 0.0623 e. The van der Waals surface area contributed by atoms with Crippen LogP contribution in [0.5, 0.6) is 0 Å². The van der Waals surface area contributed by atoms with Gasteiger partial charge < -0.3 is 10.2 Å². The largest absolute Gasteiger partial charge is 0.392 e. The van der Waals surface area contributed by atoms with Crippen LogP contribution in [0, 0.1) is 23.7 Å². The molecule has 2 fully saturated rings. The first kappa shape index (κ1) is 13.4. The maximum absolute atomic E-state index is 10.6. The number of fused-ring (bicyclic) bond motifs is 1. The van der Waals surface area contributed by atoms with Gasteiger partial charge >= 0.3 is 0 Å². The van der Waals surface area contributed by atoms with Crippen molar-refractivity contribution in [3.05, 3.63) is 0 Å². The van der Waals surface area contributed by atoms with E-state index in [-0.39, 0.29) is 18.1 Å². The van der Waals surface area contributed by atoms with Crippen LogP contribution >= 0.6 is 0 Å². The molecule has 0 aromatic heterocycles. The summed E-state index contributed by atoms with van der Waals surface area (Å²) in [5.41, 5.74) is 0. The summed E-state index contributed by atoms with van der Waals surface area (Å²) in [6.07, 6.45) is 7.63. The van der Waals surface area contributed by atoms with Crippen molar-refractivity contribution < 1.29 is 10.2 Å². The molecule has 0 aromatic rings. The van der Waals surface area contributed by atoms with Gasteiger partial charge in [-0.3, -0.25) is 0 Å². The van der Waals surface area contributed by atoms with E-state index in [1.807, 2.05) is 0 Å². The maximum atomic E-state index is 10.6. The molecular weight excluding hydrogens is 212 g/mol. The average molecular weight is 240 g/mol. The van der Waals surface area contributed by atoms with Gasteiger partial charge in [0.15, 0.2) is 0 Å². The normalized spacial score (nSPS) is 48.0. The van der Waals surface area contributed by atoms with Crippen molar-refractivity contribution in [2.75, 3.05) is 0 Å². The summed E-state index contributed by atoms with van der Waals surface area (Å²) in [5, 5.41) is 21.1. The summed E-state index contributed by atoms with van der Waals surface area (Å²) < 4.78 is 0. The van der Waals surface area contributed by atoms with Crippen molar-refractivity contribution in [2.24, 2.45) is 23.7 Å². The van der Waals surface area contributed by atoms with E-state index in [2.05, 4.69) is 13.8 Å². The molecule has 0 aromatic carbocycles. The summed E-state index contributed by atoms with van der Waals surface area (Å²) >= 11 is 0. The molecule has 0 amide bonds. The van der Waals surface area contributed by atoms with Crippen LogP contribution in [0.3, 0.4) is 0 Å². The molecule has 0 bridgehead atoms. The lowest BCUT2D eigenvalue weighted by molar-refractivity contribution is -0.0544. The fourth-order valence-electron chi connectivity index (χ4n) is 4.11. The molecule has 2 aliphatic carbocycles. The van der Waals surface area contributed by atoms with Crippen molar-refractivity contribution in [2.45, 2.75) is 71.0 Å².